The molecule has 0 bridgehead atoms. The summed E-state index contributed by atoms with van der Waals surface area (Å²) in [5, 5.41) is 10.7. The molecule has 26 heavy (non-hydrogen) atoms. The molecule has 1 amide bonds. The van der Waals surface area contributed by atoms with Crippen molar-refractivity contribution in [2.45, 2.75) is 6.92 Å². The monoisotopic (exact) mass is 352 g/mol. The van der Waals surface area contributed by atoms with E-state index in [1.807, 2.05) is 31.2 Å². The second-order valence-electron chi connectivity index (χ2n) is 5.34. The van der Waals surface area contributed by atoms with Gasteiger partial charge in [0, 0.05) is 11.1 Å². The van der Waals surface area contributed by atoms with E-state index in [2.05, 4.69) is 20.7 Å². The number of carbonyl (C=O) groups excluding carboxylic acids is 1. The van der Waals surface area contributed by atoms with Crippen molar-refractivity contribution in [3.05, 3.63) is 71.7 Å². The van der Waals surface area contributed by atoms with E-state index in [1.165, 1.54) is 18.3 Å². The molecule has 1 heterocycles. The standard InChI is InChI=1S/C19H17FN4O2/c1-2-26-18-6-4-3-5-14(18)12-21-24-19(25)17-11-16(22-23-17)13-7-9-15(20)10-8-13/h3-12H,2H2,1H3,(H,22,23)(H,24,25). The normalized spacial score (nSPS) is 10.8. The Bertz CT molecular complexity index is 919. The first kappa shape index (κ1) is 17.3. The number of nitrogens with one attached hydrogen (secondary N) is 2. The van der Waals surface area contributed by atoms with E-state index in [4.69, 9.17) is 4.74 Å². The Balaban J connectivity index is 1.67. The number of nitrogens with zero attached hydrogens (tertiary/aromatic N) is 2. The number of hydrogen-bond donors (Lipinski definition) is 2. The first-order chi connectivity index (χ1) is 12.7. The number of carbonyl (C=O) groups is 1. The van der Waals surface area contributed by atoms with E-state index >= 15 is 0 Å². The molecule has 0 radical (unpaired) electrons. The second-order valence-corrected chi connectivity index (χ2v) is 5.34. The Morgan fingerprint density at radius 2 is 2.04 bits per heavy atom. The van der Waals surface area contributed by atoms with Crippen molar-refractivity contribution in [2.24, 2.45) is 5.10 Å². The highest BCUT2D eigenvalue weighted by Crippen LogP contribution is 2.18. The highest BCUT2D eigenvalue weighted by Gasteiger charge is 2.10. The molecule has 0 spiro atoms. The molecule has 3 rings (SSSR count). The Morgan fingerprint density at radius 1 is 1.27 bits per heavy atom. The quantitative estimate of drug-likeness (QED) is 0.527. The highest BCUT2D eigenvalue weighted by atomic mass is 19.1. The Morgan fingerprint density at radius 3 is 2.81 bits per heavy atom. The zero-order valence-corrected chi connectivity index (χ0v) is 14.1. The fourth-order valence-electron chi connectivity index (χ4n) is 2.30. The lowest BCUT2D eigenvalue weighted by molar-refractivity contribution is 0.0950. The van der Waals surface area contributed by atoms with Crippen LogP contribution in [0.4, 0.5) is 4.39 Å². The zero-order valence-electron chi connectivity index (χ0n) is 14.1. The fourth-order valence-corrected chi connectivity index (χ4v) is 2.30. The second kappa shape index (κ2) is 8.06. The summed E-state index contributed by atoms with van der Waals surface area (Å²) in [5.41, 5.74) is 4.69. The molecule has 2 N–H and O–H groups in total. The van der Waals surface area contributed by atoms with Crippen molar-refractivity contribution in [3.63, 3.8) is 0 Å². The van der Waals surface area contributed by atoms with Gasteiger partial charge >= 0.3 is 0 Å². The van der Waals surface area contributed by atoms with Crippen LogP contribution < -0.4 is 10.2 Å². The molecule has 0 aliphatic carbocycles. The van der Waals surface area contributed by atoms with Gasteiger partial charge in [-0.25, -0.2) is 9.82 Å². The maximum Gasteiger partial charge on any atom is 0.289 e. The minimum atomic E-state index is -0.434. The summed E-state index contributed by atoms with van der Waals surface area (Å²) < 4.78 is 18.5. The van der Waals surface area contributed by atoms with E-state index in [0.717, 1.165) is 5.56 Å². The van der Waals surface area contributed by atoms with Crippen molar-refractivity contribution < 1.29 is 13.9 Å². The minimum absolute atomic E-state index is 0.250. The summed E-state index contributed by atoms with van der Waals surface area (Å²) in [6.45, 7) is 2.43. The summed E-state index contributed by atoms with van der Waals surface area (Å²) in [6, 6.07) is 14.8. The molecule has 7 heteroatoms. The molecule has 0 saturated carbocycles. The average molecular weight is 352 g/mol. The van der Waals surface area contributed by atoms with Crippen molar-refractivity contribution in [1.29, 1.82) is 0 Å². The van der Waals surface area contributed by atoms with Crippen LogP contribution in [-0.2, 0) is 0 Å². The number of para-hydroxylation sites is 1. The first-order valence-corrected chi connectivity index (χ1v) is 8.04. The number of amides is 1. The number of aromatic amines is 1. The van der Waals surface area contributed by atoms with Gasteiger partial charge in [0.15, 0.2) is 0 Å². The van der Waals surface area contributed by atoms with Crippen molar-refractivity contribution in [1.82, 2.24) is 15.6 Å². The van der Waals surface area contributed by atoms with Gasteiger partial charge in [0.2, 0.25) is 0 Å². The maximum atomic E-state index is 13.0. The number of rotatable bonds is 6. The summed E-state index contributed by atoms with van der Waals surface area (Å²) in [6.07, 6.45) is 1.51. The number of aromatic nitrogens is 2. The Hall–Kier alpha value is -3.48. The Kier molecular flexibility index (Phi) is 5.38. The third-order valence-corrected chi connectivity index (χ3v) is 3.55. The van der Waals surface area contributed by atoms with E-state index in [-0.39, 0.29) is 11.5 Å². The van der Waals surface area contributed by atoms with Crippen LogP contribution in [0.25, 0.3) is 11.3 Å². The van der Waals surface area contributed by atoms with Gasteiger partial charge in [-0.1, -0.05) is 12.1 Å². The molecule has 0 unspecified atom stereocenters. The number of H-pyrrole nitrogens is 1. The molecule has 2 aromatic carbocycles. The lowest BCUT2D eigenvalue weighted by atomic mass is 10.1. The van der Waals surface area contributed by atoms with E-state index in [0.29, 0.717) is 23.6 Å². The van der Waals surface area contributed by atoms with Crippen LogP contribution in [0.5, 0.6) is 5.75 Å². The van der Waals surface area contributed by atoms with Crippen molar-refractivity contribution >= 4 is 12.1 Å². The van der Waals surface area contributed by atoms with Crippen LogP contribution in [0.3, 0.4) is 0 Å². The lowest BCUT2D eigenvalue weighted by Crippen LogP contribution is -2.18. The van der Waals surface area contributed by atoms with Crippen LogP contribution >= 0.6 is 0 Å². The van der Waals surface area contributed by atoms with Gasteiger partial charge in [-0.15, -0.1) is 0 Å². The summed E-state index contributed by atoms with van der Waals surface area (Å²) in [5.74, 6) is -0.0759. The predicted octanol–water partition coefficient (Wildman–Crippen LogP) is 3.38. The number of hydrogen-bond acceptors (Lipinski definition) is 4. The largest absolute Gasteiger partial charge is 0.493 e. The molecule has 6 nitrogen and oxygen atoms in total. The van der Waals surface area contributed by atoms with E-state index in [9.17, 15) is 9.18 Å². The van der Waals surface area contributed by atoms with Crippen LogP contribution in [0.1, 0.15) is 23.0 Å². The summed E-state index contributed by atoms with van der Waals surface area (Å²) in [4.78, 5) is 12.2. The van der Waals surface area contributed by atoms with E-state index in [1.54, 1.807) is 18.2 Å². The minimum Gasteiger partial charge on any atom is -0.493 e. The van der Waals surface area contributed by atoms with Gasteiger partial charge in [-0.05, 0) is 49.4 Å². The number of benzene rings is 2. The molecule has 0 aliphatic rings. The lowest BCUT2D eigenvalue weighted by Gasteiger charge is -2.05. The first-order valence-electron chi connectivity index (χ1n) is 8.04. The van der Waals surface area contributed by atoms with Gasteiger partial charge in [0.25, 0.3) is 5.91 Å². The fraction of sp³-hybridized carbons (Fsp3) is 0.105. The third kappa shape index (κ3) is 4.13. The van der Waals surface area contributed by atoms with Gasteiger partial charge in [0.05, 0.1) is 18.5 Å². The van der Waals surface area contributed by atoms with Gasteiger partial charge in [0.1, 0.15) is 17.3 Å². The molecule has 0 atom stereocenters. The molecule has 0 saturated heterocycles. The van der Waals surface area contributed by atoms with Crippen LogP contribution in [-0.4, -0.2) is 28.9 Å². The number of hydrazone groups is 1. The third-order valence-electron chi connectivity index (χ3n) is 3.55. The molecular weight excluding hydrogens is 335 g/mol. The average Bonchev–Trinajstić information content (AvgIpc) is 3.14. The van der Waals surface area contributed by atoms with Crippen LogP contribution in [0, 0.1) is 5.82 Å². The van der Waals surface area contributed by atoms with Crippen LogP contribution in [0.2, 0.25) is 0 Å². The zero-order chi connectivity index (χ0) is 18.4. The van der Waals surface area contributed by atoms with Crippen molar-refractivity contribution in [3.8, 4) is 17.0 Å². The molecule has 0 aliphatic heterocycles. The molecule has 0 fully saturated rings. The molecule has 1 aromatic heterocycles. The van der Waals surface area contributed by atoms with Gasteiger partial charge in [-0.3, -0.25) is 9.89 Å². The molecule has 3 aromatic rings. The number of halogens is 1. The molecule has 132 valence electrons. The van der Waals surface area contributed by atoms with Gasteiger partial charge in [-0.2, -0.15) is 10.2 Å². The summed E-state index contributed by atoms with van der Waals surface area (Å²) >= 11 is 0. The van der Waals surface area contributed by atoms with Gasteiger partial charge < -0.3 is 4.74 Å². The molecular formula is C19H17FN4O2. The summed E-state index contributed by atoms with van der Waals surface area (Å²) in [7, 11) is 0. The van der Waals surface area contributed by atoms with E-state index < -0.39 is 5.91 Å². The number of ether oxygens (including phenoxy) is 1. The topological polar surface area (TPSA) is 79.4 Å². The highest BCUT2D eigenvalue weighted by molar-refractivity contribution is 5.94. The smallest absolute Gasteiger partial charge is 0.289 e. The maximum absolute atomic E-state index is 13.0. The van der Waals surface area contributed by atoms with Crippen molar-refractivity contribution in [2.75, 3.05) is 6.61 Å². The Labute approximate surface area is 149 Å². The SMILES string of the molecule is CCOc1ccccc1C=NNC(=O)c1cc(-c2ccc(F)cc2)n[nH]1. The van der Waals surface area contributed by atoms with Crippen LogP contribution in [0.15, 0.2) is 59.7 Å². The predicted molar refractivity (Wildman–Crippen MR) is 96.7 cm³/mol.